The fourth-order valence-electron chi connectivity index (χ4n) is 1.55. The molecule has 1 aromatic rings. The van der Waals surface area contributed by atoms with Gasteiger partial charge in [-0.3, -0.25) is 20.2 Å². The summed E-state index contributed by atoms with van der Waals surface area (Å²) in [6.45, 7) is 0.378. The first-order valence-corrected chi connectivity index (χ1v) is 5.96. The van der Waals surface area contributed by atoms with Crippen LogP contribution in [0.15, 0.2) is 18.2 Å². The molecule has 0 spiro atoms. The Morgan fingerprint density at radius 2 is 1.62 bits per heavy atom. The maximum Gasteiger partial charge on any atom is 0.425 e. The third-order valence-corrected chi connectivity index (χ3v) is 2.82. The molecule has 24 heavy (non-hydrogen) atoms. The van der Waals surface area contributed by atoms with Crippen molar-refractivity contribution in [3.63, 3.8) is 0 Å². The summed E-state index contributed by atoms with van der Waals surface area (Å²) in [5, 5.41) is 21.3. The second-order valence-electron chi connectivity index (χ2n) is 4.51. The van der Waals surface area contributed by atoms with Crippen molar-refractivity contribution in [1.82, 2.24) is 0 Å². The van der Waals surface area contributed by atoms with Gasteiger partial charge in [0.25, 0.3) is 11.9 Å². The van der Waals surface area contributed by atoms with E-state index < -0.39 is 51.3 Å². The summed E-state index contributed by atoms with van der Waals surface area (Å²) in [5.74, 6) is -6.01. The van der Waals surface area contributed by atoms with Crippen LogP contribution in [0.3, 0.4) is 0 Å². The molecule has 0 aliphatic heterocycles. The topological polar surface area (TPSA) is 95.5 Å². The van der Waals surface area contributed by atoms with Gasteiger partial charge in [-0.15, -0.1) is 0 Å². The molecule has 134 valence electrons. The number of benzene rings is 1. The lowest BCUT2D eigenvalue weighted by Crippen LogP contribution is -2.50. The third kappa shape index (κ3) is 4.02. The molecule has 0 fully saturated rings. The van der Waals surface area contributed by atoms with Gasteiger partial charge in [0, 0.05) is 6.07 Å². The van der Waals surface area contributed by atoms with Crippen LogP contribution < -0.4 is 4.74 Å². The fraction of sp³-hybridized carbons (Fsp3) is 0.455. The van der Waals surface area contributed by atoms with E-state index in [0.717, 1.165) is 0 Å². The highest BCUT2D eigenvalue weighted by molar-refractivity contribution is 5.53. The maximum atomic E-state index is 13.4. The molecular formula is C11H8F6N2O5. The maximum absolute atomic E-state index is 13.4. The van der Waals surface area contributed by atoms with Crippen molar-refractivity contribution in [2.24, 2.45) is 0 Å². The smallest absolute Gasteiger partial charge is 0.425 e. The Bertz CT molecular complexity index is 650. The highest BCUT2D eigenvalue weighted by Crippen LogP contribution is 2.40. The molecule has 0 amide bonds. The Morgan fingerprint density at radius 1 is 1.08 bits per heavy atom. The van der Waals surface area contributed by atoms with Gasteiger partial charge in [0.05, 0.1) is 15.9 Å². The molecule has 0 aliphatic carbocycles. The summed E-state index contributed by atoms with van der Waals surface area (Å²) in [6.07, 6.45) is -13.2. The number of alkyl halides is 6. The number of nitro groups is 2. The Kier molecular flexibility index (Phi) is 5.26. The first-order chi connectivity index (χ1) is 10.8. The van der Waals surface area contributed by atoms with Gasteiger partial charge in [-0.05, 0) is 13.0 Å². The number of nitrogens with zero attached hydrogens (tertiary/aromatic N) is 2. The van der Waals surface area contributed by atoms with Crippen LogP contribution in [0.2, 0.25) is 0 Å². The van der Waals surface area contributed by atoms with Gasteiger partial charge >= 0.3 is 17.8 Å². The van der Waals surface area contributed by atoms with Crippen LogP contribution in [0.1, 0.15) is 6.92 Å². The van der Waals surface area contributed by atoms with Gasteiger partial charge in [-0.25, -0.2) is 4.39 Å². The molecule has 1 rings (SSSR count). The first kappa shape index (κ1) is 19.4. The minimum absolute atomic E-state index is 0.372. The van der Waals surface area contributed by atoms with Crippen LogP contribution in [-0.2, 0) is 0 Å². The van der Waals surface area contributed by atoms with Gasteiger partial charge in [-0.1, -0.05) is 0 Å². The molecule has 0 radical (unpaired) electrons. The normalized spacial score (nSPS) is 14.8. The SMILES string of the molecule is CC(Oc1ccc([N+](=O)[O-])cc1[N+](=O)[O-])C(F)(F)C(F)C(F)(F)F. The monoisotopic (exact) mass is 362 g/mol. The lowest BCUT2D eigenvalue weighted by molar-refractivity contribution is -0.395. The molecule has 1 aromatic carbocycles. The predicted octanol–water partition coefficient (Wildman–Crippen LogP) is 3.81. The van der Waals surface area contributed by atoms with E-state index in [2.05, 4.69) is 4.74 Å². The van der Waals surface area contributed by atoms with E-state index in [9.17, 15) is 46.6 Å². The van der Waals surface area contributed by atoms with Crippen LogP contribution in [-0.4, -0.2) is 34.2 Å². The standard InChI is InChI=1S/C11H8F6N2O5/c1-5(10(13,14)9(12)11(15,16)17)24-8-3-2-6(18(20)21)4-7(8)19(22)23/h2-5,9H,1H3. The average Bonchev–Trinajstić information content (AvgIpc) is 2.45. The number of nitro benzene ring substituents is 2. The predicted molar refractivity (Wildman–Crippen MR) is 65.7 cm³/mol. The van der Waals surface area contributed by atoms with Crippen LogP contribution in [0.5, 0.6) is 5.75 Å². The Morgan fingerprint density at radius 3 is 2.04 bits per heavy atom. The summed E-state index contributed by atoms with van der Waals surface area (Å²) >= 11 is 0. The van der Waals surface area contributed by atoms with E-state index in [0.29, 0.717) is 25.1 Å². The van der Waals surface area contributed by atoms with Crippen molar-refractivity contribution < 1.29 is 40.9 Å². The molecule has 0 aliphatic rings. The lowest BCUT2D eigenvalue weighted by Gasteiger charge is -2.28. The molecule has 7 nitrogen and oxygen atoms in total. The fourth-order valence-corrected chi connectivity index (χ4v) is 1.55. The third-order valence-electron chi connectivity index (χ3n) is 2.82. The molecule has 0 aromatic heterocycles. The summed E-state index contributed by atoms with van der Waals surface area (Å²) < 4.78 is 80.4. The van der Waals surface area contributed by atoms with Crippen LogP contribution in [0.25, 0.3) is 0 Å². The van der Waals surface area contributed by atoms with Crippen LogP contribution in [0.4, 0.5) is 37.7 Å². The molecule has 2 atom stereocenters. The van der Waals surface area contributed by atoms with E-state index in [1.54, 1.807) is 0 Å². The largest absolute Gasteiger partial charge is 0.477 e. The van der Waals surface area contributed by atoms with Crippen molar-refractivity contribution in [3.05, 3.63) is 38.4 Å². The molecule has 0 heterocycles. The molecular weight excluding hydrogens is 354 g/mol. The summed E-state index contributed by atoms with van der Waals surface area (Å²) in [5.41, 5.74) is -1.90. The number of hydrogen-bond donors (Lipinski definition) is 0. The minimum atomic E-state index is -5.87. The van der Waals surface area contributed by atoms with E-state index in [1.165, 1.54) is 0 Å². The lowest BCUT2D eigenvalue weighted by atomic mass is 10.1. The van der Waals surface area contributed by atoms with E-state index in [1.807, 2.05) is 0 Å². The van der Waals surface area contributed by atoms with E-state index in [-0.39, 0.29) is 0 Å². The molecule has 0 saturated carbocycles. The van der Waals surface area contributed by atoms with Crippen molar-refractivity contribution in [2.45, 2.75) is 31.3 Å². The zero-order chi connectivity index (χ0) is 18.9. The van der Waals surface area contributed by atoms with Gasteiger partial charge in [0.2, 0.25) is 0 Å². The zero-order valence-electron chi connectivity index (χ0n) is 11.6. The highest BCUT2D eigenvalue weighted by atomic mass is 19.4. The van der Waals surface area contributed by atoms with Gasteiger partial charge < -0.3 is 4.74 Å². The van der Waals surface area contributed by atoms with Gasteiger partial charge in [0.15, 0.2) is 11.9 Å². The Balaban J connectivity index is 3.16. The van der Waals surface area contributed by atoms with Crippen molar-refractivity contribution in [2.75, 3.05) is 0 Å². The minimum Gasteiger partial charge on any atom is -0.477 e. The Labute approximate surface area is 129 Å². The van der Waals surface area contributed by atoms with Crippen molar-refractivity contribution >= 4 is 11.4 Å². The van der Waals surface area contributed by atoms with Gasteiger partial charge in [0.1, 0.15) is 0 Å². The first-order valence-electron chi connectivity index (χ1n) is 5.96. The van der Waals surface area contributed by atoms with E-state index in [4.69, 9.17) is 0 Å². The van der Waals surface area contributed by atoms with Crippen LogP contribution in [0, 0.1) is 20.2 Å². The highest BCUT2D eigenvalue weighted by Gasteiger charge is 2.60. The van der Waals surface area contributed by atoms with Crippen molar-refractivity contribution in [1.29, 1.82) is 0 Å². The number of hydrogen-bond acceptors (Lipinski definition) is 5. The van der Waals surface area contributed by atoms with E-state index >= 15 is 0 Å². The summed E-state index contributed by atoms with van der Waals surface area (Å²) in [6, 6.07) is 1.59. The Hall–Kier alpha value is -2.60. The molecule has 0 N–H and O–H groups in total. The summed E-state index contributed by atoms with van der Waals surface area (Å²) in [4.78, 5) is 19.1. The van der Waals surface area contributed by atoms with Crippen LogP contribution >= 0.6 is 0 Å². The molecule has 0 bridgehead atoms. The quantitative estimate of drug-likeness (QED) is 0.436. The number of ether oxygens (including phenoxy) is 1. The molecule has 2 unspecified atom stereocenters. The molecule has 0 saturated heterocycles. The second kappa shape index (κ2) is 6.49. The second-order valence-corrected chi connectivity index (χ2v) is 4.51. The van der Waals surface area contributed by atoms with Crippen molar-refractivity contribution in [3.8, 4) is 5.75 Å². The number of rotatable bonds is 6. The number of non-ortho nitro benzene ring substituents is 1. The zero-order valence-corrected chi connectivity index (χ0v) is 11.6. The molecule has 13 heteroatoms. The average molecular weight is 362 g/mol. The van der Waals surface area contributed by atoms with Gasteiger partial charge in [-0.2, -0.15) is 22.0 Å². The summed E-state index contributed by atoms with van der Waals surface area (Å²) in [7, 11) is 0. The number of halogens is 6.